The minimum absolute atomic E-state index is 0.246. The number of aliphatic hydroxyl groups excluding tert-OH is 1. The van der Waals surface area contributed by atoms with Crippen molar-refractivity contribution in [2.75, 3.05) is 12.8 Å². The van der Waals surface area contributed by atoms with Crippen LogP contribution in [-0.2, 0) is 0 Å². The lowest BCUT2D eigenvalue weighted by Gasteiger charge is -2.24. The molecule has 0 saturated heterocycles. The highest BCUT2D eigenvalue weighted by atomic mass is 32.2. The topological polar surface area (TPSA) is 46.2 Å². The normalized spacial score (nSPS) is 14.0. The molecule has 0 aliphatic rings. The van der Waals surface area contributed by atoms with Crippen molar-refractivity contribution in [3.8, 4) is 0 Å². The molecule has 0 heterocycles. The summed E-state index contributed by atoms with van der Waals surface area (Å²) in [4.78, 5) is 1.03. The van der Waals surface area contributed by atoms with E-state index in [1.165, 1.54) is 12.1 Å². The first kappa shape index (κ1) is 15.0. The predicted octanol–water partition coefficient (Wildman–Crippen LogP) is 3.32. The van der Waals surface area contributed by atoms with Crippen molar-refractivity contribution in [2.45, 2.75) is 16.9 Å². The maximum atomic E-state index is 13.0. The highest BCUT2D eigenvalue weighted by Crippen LogP contribution is 2.34. The summed E-state index contributed by atoms with van der Waals surface area (Å²) < 4.78 is 13.0. The van der Waals surface area contributed by atoms with Gasteiger partial charge in [0.25, 0.3) is 0 Å². The van der Waals surface area contributed by atoms with E-state index in [0.717, 1.165) is 16.0 Å². The average molecular weight is 291 g/mol. The molecule has 0 aliphatic heterocycles. The Morgan fingerprint density at radius 3 is 2.40 bits per heavy atom. The molecule has 2 atom stereocenters. The summed E-state index contributed by atoms with van der Waals surface area (Å²) in [6, 6.07) is 13.9. The predicted molar refractivity (Wildman–Crippen MR) is 81.4 cm³/mol. The lowest BCUT2D eigenvalue weighted by molar-refractivity contribution is 0.144. The molecule has 0 saturated carbocycles. The van der Waals surface area contributed by atoms with E-state index in [0.29, 0.717) is 6.54 Å². The lowest BCUT2D eigenvalue weighted by atomic mass is 9.89. The SMILES string of the molecule is CSc1ccccc1C(O)C(CN)c1ccc(F)cc1. The van der Waals surface area contributed by atoms with Gasteiger partial charge >= 0.3 is 0 Å². The van der Waals surface area contributed by atoms with E-state index in [-0.39, 0.29) is 11.7 Å². The Morgan fingerprint density at radius 1 is 1.15 bits per heavy atom. The average Bonchev–Trinajstić information content (AvgIpc) is 2.49. The molecule has 2 aromatic rings. The molecular weight excluding hydrogens is 273 g/mol. The standard InChI is InChI=1S/C16H18FNOS/c1-20-15-5-3-2-4-13(15)16(19)14(10-18)11-6-8-12(17)9-7-11/h2-9,14,16,19H,10,18H2,1H3. The van der Waals surface area contributed by atoms with Gasteiger partial charge in [-0.25, -0.2) is 4.39 Å². The Kier molecular flexibility index (Phi) is 5.17. The number of nitrogens with two attached hydrogens (primary N) is 1. The van der Waals surface area contributed by atoms with Gasteiger partial charge in [-0.3, -0.25) is 0 Å². The monoisotopic (exact) mass is 291 g/mol. The minimum atomic E-state index is -0.700. The molecule has 0 fully saturated rings. The second-order valence-corrected chi connectivity index (χ2v) is 5.43. The molecule has 106 valence electrons. The van der Waals surface area contributed by atoms with E-state index >= 15 is 0 Å². The van der Waals surface area contributed by atoms with Crippen LogP contribution in [0.1, 0.15) is 23.1 Å². The van der Waals surface area contributed by atoms with E-state index in [4.69, 9.17) is 5.73 Å². The summed E-state index contributed by atoms with van der Waals surface area (Å²) in [5.41, 5.74) is 7.52. The molecule has 2 nitrogen and oxygen atoms in total. The molecule has 20 heavy (non-hydrogen) atoms. The molecule has 0 amide bonds. The van der Waals surface area contributed by atoms with Crippen molar-refractivity contribution in [2.24, 2.45) is 5.73 Å². The third-order valence-corrected chi connectivity index (χ3v) is 4.20. The van der Waals surface area contributed by atoms with Crippen LogP contribution < -0.4 is 5.73 Å². The molecule has 4 heteroatoms. The maximum absolute atomic E-state index is 13.0. The van der Waals surface area contributed by atoms with Crippen molar-refractivity contribution >= 4 is 11.8 Å². The van der Waals surface area contributed by atoms with Gasteiger partial charge in [0.1, 0.15) is 5.82 Å². The molecule has 0 bridgehead atoms. The zero-order chi connectivity index (χ0) is 14.5. The van der Waals surface area contributed by atoms with Crippen molar-refractivity contribution in [3.63, 3.8) is 0 Å². The first-order chi connectivity index (χ1) is 9.67. The maximum Gasteiger partial charge on any atom is 0.123 e. The van der Waals surface area contributed by atoms with E-state index in [1.54, 1.807) is 23.9 Å². The van der Waals surface area contributed by atoms with Gasteiger partial charge in [0, 0.05) is 17.4 Å². The van der Waals surface area contributed by atoms with E-state index in [9.17, 15) is 9.50 Å². The van der Waals surface area contributed by atoms with Gasteiger partial charge in [0.2, 0.25) is 0 Å². The first-order valence-corrected chi connectivity index (χ1v) is 7.66. The summed E-state index contributed by atoms with van der Waals surface area (Å²) in [7, 11) is 0. The second kappa shape index (κ2) is 6.88. The van der Waals surface area contributed by atoms with E-state index in [2.05, 4.69) is 0 Å². The fraction of sp³-hybridized carbons (Fsp3) is 0.250. The zero-order valence-electron chi connectivity index (χ0n) is 11.3. The van der Waals surface area contributed by atoms with Crippen molar-refractivity contribution in [1.29, 1.82) is 0 Å². The number of benzene rings is 2. The third kappa shape index (κ3) is 3.20. The van der Waals surface area contributed by atoms with Gasteiger partial charge in [-0.1, -0.05) is 30.3 Å². The van der Waals surface area contributed by atoms with Crippen LogP contribution in [0, 0.1) is 5.82 Å². The molecule has 3 N–H and O–H groups in total. The summed E-state index contributed by atoms with van der Waals surface area (Å²) >= 11 is 1.59. The molecule has 0 spiro atoms. The number of aliphatic hydroxyl groups is 1. The first-order valence-electron chi connectivity index (χ1n) is 6.44. The minimum Gasteiger partial charge on any atom is -0.388 e. The molecular formula is C16H18FNOS. The van der Waals surface area contributed by atoms with Crippen LogP contribution in [0.15, 0.2) is 53.4 Å². The van der Waals surface area contributed by atoms with Crippen molar-refractivity contribution < 1.29 is 9.50 Å². The largest absolute Gasteiger partial charge is 0.388 e. The van der Waals surface area contributed by atoms with Crippen LogP contribution in [0.2, 0.25) is 0 Å². The van der Waals surface area contributed by atoms with E-state index in [1.807, 2.05) is 30.5 Å². The Labute approximate surface area is 122 Å². The van der Waals surface area contributed by atoms with Crippen LogP contribution >= 0.6 is 11.8 Å². The zero-order valence-corrected chi connectivity index (χ0v) is 12.1. The second-order valence-electron chi connectivity index (χ2n) is 4.58. The van der Waals surface area contributed by atoms with Crippen molar-refractivity contribution in [1.82, 2.24) is 0 Å². The Morgan fingerprint density at radius 2 is 1.80 bits per heavy atom. The van der Waals surface area contributed by atoms with Crippen molar-refractivity contribution in [3.05, 3.63) is 65.5 Å². The van der Waals surface area contributed by atoms with Gasteiger partial charge in [-0.2, -0.15) is 0 Å². The third-order valence-electron chi connectivity index (χ3n) is 3.39. The highest BCUT2D eigenvalue weighted by molar-refractivity contribution is 7.98. The summed E-state index contributed by atoms with van der Waals surface area (Å²) in [6.45, 7) is 0.301. The lowest BCUT2D eigenvalue weighted by Crippen LogP contribution is -2.20. The number of thioether (sulfide) groups is 1. The Balaban J connectivity index is 2.33. The van der Waals surface area contributed by atoms with Gasteiger partial charge in [-0.05, 0) is 35.6 Å². The number of rotatable bonds is 5. The van der Waals surface area contributed by atoms with Gasteiger partial charge in [0.15, 0.2) is 0 Å². The van der Waals surface area contributed by atoms with Gasteiger partial charge < -0.3 is 10.8 Å². The fourth-order valence-electron chi connectivity index (χ4n) is 2.28. The molecule has 0 radical (unpaired) electrons. The summed E-state index contributed by atoms with van der Waals surface area (Å²) in [5, 5.41) is 10.6. The molecule has 0 aliphatic carbocycles. The smallest absolute Gasteiger partial charge is 0.123 e. The number of halogens is 1. The van der Waals surface area contributed by atoms with Crippen LogP contribution in [0.3, 0.4) is 0 Å². The van der Waals surface area contributed by atoms with Crippen LogP contribution in [-0.4, -0.2) is 17.9 Å². The summed E-state index contributed by atoms with van der Waals surface area (Å²) in [6.07, 6.45) is 1.27. The summed E-state index contributed by atoms with van der Waals surface area (Å²) in [5.74, 6) is -0.535. The number of hydrogen-bond acceptors (Lipinski definition) is 3. The number of hydrogen-bond donors (Lipinski definition) is 2. The fourth-order valence-corrected chi connectivity index (χ4v) is 2.92. The highest BCUT2D eigenvalue weighted by Gasteiger charge is 2.23. The molecule has 2 aromatic carbocycles. The molecule has 2 unspecified atom stereocenters. The van der Waals surface area contributed by atoms with Gasteiger partial charge in [-0.15, -0.1) is 11.8 Å². The Hall–Kier alpha value is -1.36. The molecule has 2 rings (SSSR count). The van der Waals surface area contributed by atoms with Crippen LogP contribution in [0.25, 0.3) is 0 Å². The van der Waals surface area contributed by atoms with Crippen LogP contribution in [0.4, 0.5) is 4.39 Å². The van der Waals surface area contributed by atoms with Gasteiger partial charge in [0.05, 0.1) is 6.10 Å². The molecule has 0 aromatic heterocycles. The quantitative estimate of drug-likeness (QED) is 0.831. The Bertz CT molecular complexity index is 559. The van der Waals surface area contributed by atoms with Crippen LogP contribution in [0.5, 0.6) is 0 Å². The van der Waals surface area contributed by atoms with E-state index < -0.39 is 6.10 Å².